The van der Waals surface area contributed by atoms with Crippen LogP contribution in [-0.4, -0.2) is 75.8 Å². The minimum Gasteiger partial charge on any atom is -0.476 e. The van der Waals surface area contributed by atoms with Crippen molar-refractivity contribution in [2.24, 2.45) is 5.73 Å². The van der Waals surface area contributed by atoms with Crippen molar-refractivity contribution >= 4 is 41.1 Å². The molecule has 1 amide bonds. The molecular formula is C23H31N7O4S. The highest BCUT2D eigenvalue weighted by Gasteiger charge is 2.23. The Kier molecular flexibility index (Phi) is 10.3. The second kappa shape index (κ2) is 13.6. The highest BCUT2D eigenvalue weighted by molar-refractivity contribution is 7.99. The van der Waals surface area contributed by atoms with E-state index in [0.717, 1.165) is 37.3 Å². The lowest BCUT2D eigenvalue weighted by atomic mass is 10.1. The van der Waals surface area contributed by atoms with Crippen LogP contribution >= 0.6 is 11.8 Å². The van der Waals surface area contributed by atoms with E-state index in [-0.39, 0.29) is 23.1 Å². The number of aromatic nitrogens is 3. The number of carbonyl (C=O) groups is 2. The first-order chi connectivity index (χ1) is 17.0. The van der Waals surface area contributed by atoms with Crippen molar-refractivity contribution in [2.75, 3.05) is 43.1 Å². The molecule has 3 rings (SSSR count). The number of carboxylic acids is 1. The van der Waals surface area contributed by atoms with Gasteiger partial charge in [-0.15, -0.1) is 0 Å². The van der Waals surface area contributed by atoms with E-state index in [9.17, 15) is 14.7 Å². The van der Waals surface area contributed by atoms with Crippen molar-refractivity contribution in [2.45, 2.75) is 25.3 Å². The van der Waals surface area contributed by atoms with E-state index >= 15 is 0 Å². The SMILES string of the molecule is N=C/C(=C\NCCCSCCN)c1cccc(C(=O)Nc2cn(C3CCOCC3)nc2C(=O)O)n1. The number of allylic oxidation sites excluding steroid dienone is 1. The maximum atomic E-state index is 12.9. The van der Waals surface area contributed by atoms with Crippen LogP contribution < -0.4 is 16.4 Å². The van der Waals surface area contributed by atoms with Crippen LogP contribution in [0.4, 0.5) is 5.69 Å². The zero-order valence-corrected chi connectivity index (χ0v) is 20.2. The first-order valence-electron chi connectivity index (χ1n) is 11.4. The summed E-state index contributed by atoms with van der Waals surface area (Å²) in [7, 11) is 0. The number of rotatable bonds is 13. The zero-order chi connectivity index (χ0) is 25.0. The number of nitrogens with two attached hydrogens (primary N) is 1. The summed E-state index contributed by atoms with van der Waals surface area (Å²) in [6, 6.07) is 4.92. The first kappa shape index (κ1) is 26.4. The molecule has 6 N–H and O–H groups in total. The van der Waals surface area contributed by atoms with E-state index in [4.69, 9.17) is 15.9 Å². The van der Waals surface area contributed by atoms with Crippen LogP contribution in [-0.2, 0) is 4.74 Å². The van der Waals surface area contributed by atoms with Crippen molar-refractivity contribution in [3.05, 3.63) is 47.7 Å². The Morgan fingerprint density at radius 2 is 2.06 bits per heavy atom. The first-order valence-corrected chi connectivity index (χ1v) is 12.6. The third-order valence-corrected chi connectivity index (χ3v) is 6.41. The lowest BCUT2D eigenvalue weighted by Gasteiger charge is -2.22. The monoisotopic (exact) mass is 501 g/mol. The van der Waals surface area contributed by atoms with Gasteiger partial charge in [0.1, 0.15) is 5.69 Å². The predicted molar refractivity (Wildman–Crippen MR) is 136 cm³/mol. The van der Waals surface area contributed by atoms with E-state index in [1.54, 1.807) is 41.0 Å². The average Bonchev–Trinajstić information content (AvgIpc) is 3.30. The van der Waals surface area contributed by atoms with Gasteiger partial charge >= 0.3 is 5.97 Å². The highest BCUT2D eigenvalue weighted by Crippen LogP contribution is 2.24. The smallest absolute Gasteiger partial charge is 0.358 e. The quantitative estimate of drug-likeness (QED) is 0.204. The van der Waals surface area contributed by atoms with E-state index in [1.807, 2.05) is 0 Å². The van der Waals surface area contributed by atoms with E-state index in [0.29, 0.717) is 31.0 Å². The third kappa shape index (κ3) is 7.64. The molecule has 0 bridgehead atoms. The van der Waals surface area contributed by atoms with Gasteiger partial charge in [0.05, 0.1) is 17.4 Å². The molecule has 0 radical (unpaired) electrons. The summed E-state index contributed by atoms with van der Waals surface area (Å²) in [6.07, 6.45) is 6.80. The average molecular weight is 502 g/mol. The Morgan fingerprint density at radius 3 is 2.77 bits per heavy atom. The molecule has 2 aromatic heterocycles. The predicted octanol–water partition coefficient (Wildman–Crippen LogP) is 2.24. The molecular weight excluding hydrogens is 470 g/mol. The number of amides is 1. The minimum absolute atomic E-state index is 0.0148. The number of anilines is 1. The van der Waals surface area contributed by atoms with Crippen LogP contribution in [0.2, 0.25) is 0 Å². The molecule has 11 nitrogen and oxygen atoms in total. The number of ether oxygens (including phenoxy) is 1. The highest BCUT2D eigenvalue weighted by atomic mass is 32.2. The molecule has 3 heterocycles. The molecule has 0 atom stereocenters. The Hall–Kier alpha value is -3.22. The van der Waals surface area contributed by atoms with Crippen molar-refractivity contribution < 1.29 is 19.4 Å². The van der Waals surface area contributed by atoms with Gasteiger partial charge in [0.25, 0.3) is 5.91 Å². The molecule has 1 aliphatic rings. The van der Waals surface area contributed by atoms with Gasteiger partial charge in [0, 0.05) is 56.2 Å². The number of hydrogen-bond donors (Lipinski definition) is 5. The van der Waals surface area contributed by atoms with Crippen LogP contribution in [0.25, 0.3) is 5.57 Å². The molecule has 0 unspecified atom stereocenters. The topological polar surface area (TPSA) is 168 Å². The van der Waals surface area contributed by atoms with Crippen molar-refractivity contribution in [3.8, 4) is 0 Å². The van der Waals surface area contributed by atoms with Crippen LogP contribution in [0.5, 0.6) is 0 Å². The van der Waals surface area contributed by atoms with Crippen molar-refractivity contribution in [3.63, 3.8) is 0 Å². The fraction of sp³-hybridized carbons (Fsp3) is 0.435. The number of carboxylic acid groups (broad SMARTS) is 1. The summed E-state index contributed by atoms with van der Waals surface area (Å²) in [5.74, 6) is 0.143. The number of carbonyl (C=O) groups excluding carboxylic acids is 1. The number of hydrogen-bond acceptors (Lipinski definition) is 9. The van der Waals surface area contributed by atoms with Gasteiger partial charge in [-0.1, -0.05) is 6.07 Å². The van der Waals surface area contributed by atoms with Crippen molar-refractivity contribution in [1.82, 2.24) is 20.1 Å². The molecule has 1 saturated heterocycles. The van der Waals surface area contributed by atoms with Crippen LogP contribution in [0.1, 0.15) is 52.0 Å². The van der Waals surface area contributed by atoms with E-state index < -0.39 is 11.9 Å². The van der Waals surface area contributed by atoms with E-state index in [2.05, 4.69) is 20.7 Å². The van der Waals surface area contributed by atoms with Crippen molar-refractivity contribution in [1.29, 1.82) is 5.41 Å². The second-order valence-electron chi connectivity index (χ2n) is 7.84. The molecule has 12 heteroatoms. The van der Waals surface area contributed by atoms with Crippen LogP contribution in [0, 0.1) is 5.41 Å². The summed E-state index contributed by atoms with van der Waals surface area (Å²) in [6.45, 7) is 2.57. The molecule has 0 aromatic carbocycles. The molecule has 1 aliphatic heterocycles. The summed E-state index contributed by atoms with van der Waals surface area (Å²) in [5.41, 5.74) is 6.44. The Labute approximate surface area is 208 Å². The van der Waals surface area contributed by atoms with Gasteiger partial charge in [-0.25, -0.2) is 9.78 Å². The third-order valence-electron chi connectivity index (χ3n) is 5.31. The van der Waals surface area contributed by atoms with E-state index in [1.165, 1.54) is 12.3 Å². The molecule has 0 spiro atoms. The van der Waals surface area contributed by atoms with Gasteiger partial charge in [-0.3, -0.25) is 9.48 Å². The number of nitrogens with zero attached hydrogens (tertiary/aromatic N) is 3. The fourth-order valence-corrected chi connectivity index (χ4v) is 4.24. The Balaban J connectivity index is 1.68. The Bertz CT molecular complexity index is 1050. The largest absolute Gasteiger partial charge is 0.476 e. The molecule has 1 fully saturated rings. The van der Waals surface area contributed by atoms with Crippen LogP contribution in [0.15, 0.2) is 30.6 Å². The lowest BCUT2D eigenvalue weighted by Crippen LogP contribution is -2.20. The summed E-state index contributed by atoms with van der Waals surface area (Å²) in [5, 5.41) is 27.3. The van der Waals surface area contributed by atoms with Gasteiger partial charge < -0.3 is 31.6 Å². The van der Waals surface area contributed by atoms with Gasteiger partial charge in [0.2, 0.25) is 0 Å². The number of aromatic carboxylic acids is 1. The van der Waals surface area contributed by atoms with Crippen LogP contribution in [0.3, 0.4) is 0 Å². The molecule has 35 heavy (non-hydrogen) atoms. The minimum atomic E-state index is -1.23. The molecule has 0 aliphatic carbocycles. The summed E-state index contributed by atoms with van der Waals surface area (Å²) in [4.78, 5) is 29.0. The second-order valence-corrected chi connectivity index (χ2v) is 9.06. The van der Waals surface area contributed by atoms with Gasteiger partial charge in [0.15, 0.2) is 5.69 Å². The fourth-order valence-electron chi connectivity index (χ4n) is 3.52. The number of thioether (sulfide) groups is 1. The molecule has 0 saturated carbocycles. The summed E-state index contributed by atoms with van der Waals surface area (Å²) < 4.78 is 6.94. The molecule has 188 valence electrons. The maximum Gasteiger partial charge on any atom is 0.358 e. The Morgan fingerprint density at radius 1 is 1.29 bits per heavy atom. The zero-order valence-electron chi connectivity index (χ0n) is 19.4. The normalized spacial score (nSPS) is 14.5. The molecule has 2 aromatic rings. The lowest BCUT2D eigenvalue weighted by molar-refractivity contribution is 0.0645. The number of nitrogens with one attached hydrogen (secondary N) is 3. The van der Waals surface area contributed by atoms with Gasteiger partial charge in [-0.05, 0) is 37.1 Å². The standard InChI is InChI=1S/C23H31N7O4S/c24-7-12-35-11-2-8-26-14-16(13-25)18-3-1-4-19(27-18)22(31)28-20-15-30(29-21(20)23(32)33)17-5-9-34-10-6-17/h1,3-4,13-15,17,25-26H,2,5-12,24H2,(H,28,31)(H,32,33)/b16-14+,25-13?. The number of pyridine rings is 1. The van der Waals surface area contributed by atoms with Gasteiger partial charge in [-0.2, -0.15) is 16.9 Å². The summed E-state index contributed by atoms with van der Waals surface area (Å²) >= 11 is 1.80. The maximum absolute atomic E-state index is 12.9.